The maximum atomic E-state index is 13.3. The van der Waals surface area contributed by atoms with Gasteiger partial charge in [-0.25, -0.2) is 9.00 Å². The fraction of sp³-hybridized carbons (Fsp3) is 0.344. The molecule has 0 amide bonds. The van der Waals surface area contributed by atoms with Gasteiger partial charge in [-0.2, -0.15) is 13.1 Å². The van der Waals surface area contributed by atoms with E-state index in [0.717, 1.165) is 28.7 Å². The zero-order valence-electron chi connectivity index (χ0n) is 24.2. The second kappa shape index (κ2) is 17.1. The van der Waals surface area contributed by atoms with Crippen LogP contribution in [0.25, 0.3) is 0 Å². The molecule has 9 nitrogen and oxygen atoms in total. The van der Waals surface area contributed by atoms with E-state index in [1.54, 1.807) is 12.1 Å². The van der Waals surface area contributed by atoms with Crippen LogP contribution in [-0.4, -0.2) is 35.3 Å². The second-order valence-corrected chi connectivity index (χ2v) is 12.3. The number of ether oxygens (including phenoxy) is 1. The van der Waals surface area contributed by atoms with Crippen LogP contribution in [0.3, 0.4) is 0 Å². The molecular formula is C32H38N2O7S2. The summed E-state index contributed by atoms with van der Waals surface area (Å²) in [6, 6.07) is 22.8. The van der Waals surface area contributed by atoms with Crippen LogP contribution in [0.15, 0.2) is 83.8 Å². The summed E-state index contributed by atoms with van der Waals surface area (Å²) in [6.07, 6.45) is 2.78. The lowest BCUT2D eigenvalue weighted by Crippen LogP contribution is -2.55. The van der Waals surface area contributed by atoms with Gasteiger partial charge in [-0.1, -0.05) is 86.2 Å². The molecule has 4 N–H and O–H groups in total. The Labute approximate surface area is 256 Å². The topological polar surface area (TPSA) is 145 Å². The van der Waals surface area contributed by atoms with E-state index < -0.39 is 32.9 Å². The summed E-state index contributed by atoms with van der Waals surface area (Å²) >= 11 is -2.44. The second-order valence-electron chi connectivity index (χ2n) is 10.0. The Balaban J connectivity index is 1.59. The highest BCUT2D eigenvalue weighted by Crippen LogP contribution is 2.24. The van der Waals surface area contributed by atoms with E-state index in [2.05, 4.69) is 16.6 Å². The van der Waals surface area contributed by atoms with Crippen molar-refractivity contribution in [3.63, 3.8) is 0 Å². The minimum absolute atomic E-state index is 0.00797. The molecule has 3 aromatic rings. The van der Waals surface area contributed by atoms with Gasteiger partial charge >= 0.3 is 5.97 Å². The van der Waals surface area contributed by atoms with Crippen molar-refractivity contribution in [2.24, 2.45) is 5.73 Å². The first-order valence-corrected chi connectivity index (χ1v) is 16.5. The molecule has 0 aliphatic heterocycles. The lowest BCUT2D eigenvalue weighted by atomic mass is 9.86. The fourth-order valence-electron chi connectivity index (χ4n) is 4.31. The molecule has 0 saturated heterocycles. The molecule has 11 heteroatoms. The Morgan fingerprint density at radius 3 is 2.28 bits per heavy atom. The molecule has 0 heterocycles. The Hall–Kier alpha value is -3.37. The SMILES string of the molecule is CCCCC(Cc1ccc(C#CCCCOS(=O)(=O)c2ccc(CN)cc2)cc1)(NS(=O)O)C(=O)OCc1ccccc1. The number of hydrogen-bond donors (Lipinski definition) is 3. The normalized spacial score (nSPS) is 13.4. The number of esters is 1. The predicted molar refractivity (Wildman–Crippen MR) is 166 cm³/mol. The van der Waals surface area contributed by atoms with E-state index in [1.807, 2.05) is 61.5 Å². The van der Waals surface area contributed by atoms with Crippen LogP contribution in [0.2, 0.25) is 0 Å². The Morgan fingerprint density at radius 1 is 0.977 bits per heavy atom. The average molecular weight is 627 g/mol. The number of rotatable bonds is 16. The van der Waals surface area contributed by atoms with Crippen LogP contribution >= 0.6 is 0 Å². The van der Waals surface area contributed by atoms with Crippen LogP contribution in [0, 0.1) is 11.8 Å². The summed E-state index contributed by atoms with van der Waals surface area (Å²) in [6.45, 7) is 2.37. The van der Waals surface area contributed by atoms with Gasteiger partial charge < -0.3 is 10.5 Å². The van der Waals surface area contributed by atoms with Gasteiger partial charge in [-0.05, 0) is 53.8 Å². The van der Waals surface area contributed by atoms with E-state index in [-0.39, 0.29) is 24.5 Å². The van der Waals surface area contributed by atoms with E-state index in [1.165, 1.54) is 12.1 Å². The van der Waals surface area contributed by atoms with E-state index >= 15 is 0 Å². The van der Waals surface area contributed by atoms with Gasteiger partial charge in [-0.15, -0.1) is 0 Å². The zero-order chi connectivity index (χ0) is 31.1. The molecular weight excluding hydrogens is 588 g/mol. The maximum absolute atomic E-state index is 13.3. The van der Waals surface area contributed by atoms with E-state index in [0.29, 0.717) is 32.2 Å². The molecule has 3 aromatic carbocycles. The molecule has 0 bridgehead atoms. The standard InChI is InChI=1S/C32H38N2O7S2/c1-2-3-21-32(34-42(36)37,31(35)40-25-29-11-6-4-7-12-29)23-27-15-13-26(14-16-27)10-8-5-9-22-41-43(38,39)30-19-17-28(24-33)18-20-30/h4,6-7,11-20,34H,2-3,5,9,21-25,33H2,1H3,(H,36,37). The van der Waals surface area contributed by atoms with Gasteiger partial charge in [0.2, 0.25) is 11.3 Å². The molecule has 43 heavy (non-hydrogen) atoms. The summed E-state index contributed by atoms with van der Waals surface area (Å²) in [5, 5.41) is 0. The number of carbonyl (C=O) groups is 1. The zero-order valence-corrected chi connectivity index (χ0v) is 25.8. The molecule has 0 radical (unpaired) electrons. The van der Waals surface area contributed by atoms with Crippen molar-refractivity contribution in [2.75, 3.05) is 6.61 Å². The predicted octanol–water partition coefficient (Wildman–Crippen LogP) is 4.62. The number of benzene rings is 3. The third-order valence-corrected chi connectivity index (χ3v) is 8.56. The number of nitrogens with one attached hydrogen (secondary N) is 1. The molecule has 0 aromatic heterocycles. The highest BCUT2D eigenvalue weighted by molar-refractivity contribution is 7.86. The van der Waals surface area contributed by atoms with Crippen molar-refractivity contribution in [3.8, 4) is 11.8 Å². The van der Waals surface area contributed by atoms with Gasteiger partial charge in [0.25, 0.3) is 10.1 Å². The summed E-state index contributed by atoms with van der Waals surface area (Å²) in [5.74, 6) is 5.47. The molecule has 0 fully saturated rings. The molecule has 3 rings (SSSR count). The Bertz CT molecular complexity index is 1500. The highest BCUT2D eigenvalue weighted by atomic mass is 32.2. The Kier molecular flexibility index (Phi) is 13.5. The summed E-state index contributed by atoms with van der Waals surface area (Å²) < 4.78 is 59.5. The minimum Gasteiger partial charge on any atom is -0.459 e. The molecule has 230 valence electrons. The summed E-state index contributed by atoms with van der Waals surface area (Å²) in [4.78, 5) is 13.4. The third kappa shape index (κ3) is 11.0. The van der Waals surface area contributed by atoms with Crippen molar-refractivity contribution in [2.45, 2.75) is 69.0 Å². The van der Waals surface area contributed by atoms with Crippen LogP contribution in [0.4, 0.5) is 0 Å². The molecule has 2 unspecified atom stereocenters. The van der Waals surface area contributed by atoms with Gasteiger partial charge in [0.05, 0.1) is 11.5 Å². The molecule has 0 aliphatic rings. The molecule has 0 spiro atoms. The maximum Gasteiger partial charge on any atom is 0.327 e. The number of hydrogen-bond acceptors (Lipinski definition) is 7. The van der Waals surface area contributed by atoms with Gasteiger partial charge in [-0.3, -0.25) is 8.74 Å². The minimum atomic E-state index is -3.84. The third-order valence-electron chi connectivity index (χ3n) is 6.67. The number of unbranched alkanes of at least 4 members (excludes halogenated alkanes) is 2. The van der Waals surface area contributed by atoms with Crippen molar-refractivity contribution < 1.29 is 30.9 Å². The van der Waals surface area contributed by atoms with Crippen molar-refractivity contribution in [1.82, 2.24) is 4.72 Å². The summed E-state index contributed by atoms with van der Waals surface area (Å²) in [5.41, 5.74) is 7.32. The lowest BCUT2D eigenvalue weighted by Gasteiger charge is -2.31. The fourth-order valence-corrected chi connectivity index (χ4v) is 5.84. The van der Waals surface area contributed by atoms with Crippen molar-refractivity contribution >= 4 is 27.4 Å². The largest absolute Gasteiger partial charge is 0.459 e. The van der Waals surface area contributed by atoms with Gasteiger partial charge in [0.15, 0.2) is 0 Å². The number of carbonyl (C=O) groups excluding carboxylic acids is 1. The average Bonchev–Trinajstić information content (AvgIpc) is 3.01. The van der Waals surface area contributed by atoms with Crippen LogP contribution in [0.5, 0.6) is 0 Å². The van der Waals surface area contributed by atoms with Gasteiger partial charge in [0.1, 0.15) is 12.1 Å². The quantitative estimate of drug-likeness (QED) is 0.0687. The Morgan fingerprint density at radius 2 is 1.65 bits per heavy atom. The van der Waals surface area contributed by atoms with Crippen LogP contribution in [0.1, 0.15) is 61.3 Å². The van der Waals surface area contributed by atoms with Crippen LogP contribution < -0.4 is 10.5 Å². The van der Waals surface area contributed by atoms with Gasteiger partial charge in [0, 0.05) is 24.9 Å². The smallest absolute Gasteiger partial charge is 0.327 e. The first-order valence-electron chi connectivity index (χ1n) is 14.0. The highest BCUT2D eigenvalue weighted by Gasteiger charge is 2.41. The van der Waals surface area contributed by atoms with Crippen molar-refractivity contribution in [1.29, 1.82) is 0 Å². The van der Waals surface area contributed by atoms with Crippen molar-refractivity contribution in [3.05, 3.63) is 101 Å². The first-order chi connectivity index (χ1) is 20.7. The first kappa shape index (κ1) is 34.1. The van der Waals surface area contributed by atoms with Crippen LogP contribution in [-0.2, 0) is 54.7 Å². The molecule has 2 atom stereocenters. The molecule has 0 saturated carbocycles. The lowest BCUT2D eigenvalue weighted by molar-refractivity contribution is -0.152. The number of nitrogens with two attached hydrogens (primary N) is 1. The summed E-state index contributed by atoms with van der Waals surface area (Å²) in [7, 11) is -3.84. The van der Waals surface area contributed by atoms with E-state index in [9.17, 15) is 22.0 Å². The molecule has 0 aliphatic carbocycles. The monoisotopic (exact) mass is 626 g/mol. The van der Waals surface area contributed by atoms with E-state index in [4.69, 9.17) is 14.7 Å².